The molecule has 0 unspecified atom stereocenters. The average Bonchev–Trinajstić information content (AvgIpc) is 2.92. The number of rotatable bonds is 2. The summed E-state index contributed by atoms with van der Waals surface area (Å²) in [5, 5.41) is 8.19. The Morgan fingerprint density at radius 1 is 1.15 bits per heavy atom. The fourth-order valence-electron chi connectivity index (χ4n) is 1.99. The van der Waals surface area contributed by atoms with Crippen molar-refractivity contribution in [2.45, 2.75) is 6.92 Å². The van der Waals surface area contributed by atoms with E-state index in [2.05, 4.69) is 10.3 Å². The lowest BCUT2D eigenvalue weighted by Gasteiger charge is -2.01. The van der Waals surface area contributed by atoms with Gasteiger partial charge in [-0.3, -0.25) is 0 Å². The molecule has 0 aliphatic heterocycles. The van der Waals surface area contributed by atoms with Crippen molar-refractivity contribution in [1.82, 2.24) is 15.0 Å². The first-order valence-electron chi connectivity index (χ1n) is 6.18. The van der Waals surface area contributed by atoms with Crippen LogP contribution in [0.2, 0.25) is 0 Å². The van der Waals surface area contributed by atoms with E-state index in [0.29, 0.717) is 16.9 Å². The second-order valence-corrected chi connectivity index (χ2v) is 4.61. The lowest BCUT2D eigenvalue weighted by molar-refractivity contribution is 0.619. The molecule has 0 radical (unpaired) electrons. The smallest absolute Gasteiger partial charge is 0.126 e. The average molecular weight is 268 g/mol. The Balaban J connectivity index is 1.99. The molecule has 0 saturated heterocycles. The van der Waals surface area contributed by atoms with E-state index < -0.39 is 0 Å². The van der Waals surface area contributed by atoms with Gasteiger partial charge in [-0.15, -0.1) is 5.10 Å². The highest BCUT2D eigenvalue weighted by Crippen LogP contribution is 2.21. The van der Waals surface area contributed by atoms with Crippen molar-refractivity contribution in [2.75, 3.05) is 5.73 Å². The Hall–Kier alpha value is -2.69. The zero-order valence-corrected chi connectivity index (χ0v) is 10.9. The van der Waals surface area contributed by atoms with Gasteiger partial charge < -0.3 is 5.73 Å². The maximum atomic E-state index is 13.3. The van der Waals surface area contributed by atoms with Crippen LogP contribution in [-0.2, 0) is 0 Å². The molecule has 3 aromatic rings. The van der Waals surface area contributed by atoms with E-state index in [0.717, 1.165) is 11.3 Å². The third-order valence-electron chi connectivity index (χ3n) is 3.08. The highest BCUT2D eigenvalue weighted by molar-refractivity contribution is 5.59. The third-order valence-corrected chi connectivity index (χ3v) is 3.08. The molecular formula is C15H13FN4. The number of anilines is 1. The zero-order valence-electron chi connectivity index (χ0n) is 10.9. The summed E-state index contributed by atoms with van der Waals surface area (Å²) in [6, 6.07) is 12.3. The summed E-state index contributed by atoms with van der Waals surface area (Å²) < 4.78 is 14.9. The topological polar surface area (TPSA) is 56.7 Å². The Bertz CT molecular complexity index is 764. The number of aromatic nitrogens is 3. The van der Waals surface area contributed by atoms with E-state index in [1.165, 1.54) is 6.07 Å². The maximum Gasteiger partial charge on any atom is 0.126 e. The van der Waals surface area contributed by atoms with Crippen LogP contribution >= 0.6 is 0 Å². The van der Waals surface area contributed by atoms with Gasteiger partial charge in [0.1, 0.15) is 11.5 Å². The van der Waals surface area contributed by atoms with E-state index in [1.807, 2.05) is 24.3 Å². The number of nitrogen functional groups attached to an aromatic ring is 1. The molecule has 0 saturated carbocycles. The largest absolute Gasteiger partial charge is 0.399 e. The molecular weight excluding hydrogens is 255 g/mol. The van der Waals surface area contributed by atoms with Gasteiger partial charge >= 0.3 is 0 Å². The van der Waals surface area contributed by atoms with Gasteiger partial charge in [-0.2, -0.15) is 0 Å². The van der Waals surface area contributed by atoms with E-state index in [4.69, 9.17) is 5.73 Å². The Morgan fingerprint density at radius 3 is 2.75 bits per heavy atom. The summed E-state index contributed by atoms with van der Waals surface area (Å²) in [6.45, 7) is 1.72. The van der Waals surface area contributed by atoms with Gasteiger partial charge in [-0.05, 0) is 48.9 Å². The molecule has 4 nitrogen and oxygen atoms in total. The molecule has 0 aliphatic carbocycles. The summed E-state index contributed by atoms with van der Waals surface area (Å²) in [5.74, 6) is -0.225. The molecule has 0 atom stereocenters. The number of aryl methyl sites for hydroxylation is 1. The van der Waals surface area contributed by atoms with Crippen molar-refractivity contribution < 1.29 is 4.39 Å². The lowest BCUT2D eigenvalue weighted by Crippen LogP contribution is -1.95. The molecule has 1 heterocycles. The quantitative estimate of drug-likeness (QED) is 0.727. The predicted octanol–water partition coefficient (Wildman–Crippen LogP) is 2.96. The Kier molecular flexibility index (Phi) is 2.95. The number of hydrogen-bond acceptors (Lipinski definition) is 3. The molecule has 20 heavy (non-hydrogen) atoms. The van der Waals surface area contributed by atoms with Gasteiger partial charge in [0, 0.05) is 11.3 Å². The van der Waals surface area contributed by atoms with Crippen LogP contribution in [0.25, 0.3) is 16.9 Å². The first-order chi connectivity index (χ1) is 9.63. The van der Waals surface area contributed by atoms with Gasteiger partial charge in [0.25, 0.3) is 0 Å². The van der Waals surface area contributed by atoms with Crippen molar-refractivity contribution in [3.63, 3.8) is 0 Å². The van der Waals surface area contributed by atoms with Crippen LogP contribution in [0.1, 0.15) is 5.56 Å². The molecule has 0 aliphatic rings. The third kappa shape index (κ3) is 2.25. The monoisotopic (exact) mass is 268 g/mol. The minimum Gasteiger partial charge on any atom is -0.399 e. The summed E-state index contributed by atoms with van der Waals surface area (Å²) in [4.78, 5) is 0. The van der Waals surface area contributed by atoms with Crippen LogP contribution in [0.5, 0.6) is 0 Å². The van der Waals surface area contributed by atoms with E-state index in [9.17, 15) is 4.39 Å². The highest BCUT2D eigenvalue weighted by Gasteiger charge is 2.07. The lowest BCUT2D eigenvalue weighted by atomic mass is 10.1. The number of hydrogen-bond donors (Lipinski definition) is 1. The van der Waals surface area contributed by atoms with Gasteiger partial charge in [0.2, 0.25) is 0 Å². The highest BCUT2D eigenvalue weighted by atomic mass is 19.1. The maximum absolute atomic E-state index is 13.3. The standard InChI is InChI=1S/C15H13FN4/c1-10-7-11(5-6-14(10)16)15-9-20(19-18-15)13-4-2-3-12(17)8-13/h2-9H,17H2,1H3. The van der Waals surface area contributed by atoms with Crippen LogP contribution in [0, 0.1) is 12.7 Å². The Labute approximate surface area is 115 Å². The number of benzene rings is 2. The molecule has 0 amide bonds. The van der Waals surface area contributed by atoms with Crippen molar-refractivity contribution in [3.05, 3.63) is 60.0 Å². The number of nitrogens with two attached hydrogens (primary N) is 1. The van der Waals surface area contributed by atoms with E-state index in [-0.39, 0.29) is 5.82 Å². The van der Waals surface area contributed by atoms with Crippen LogP contribution in [-0.4, -0.2) is 15.0 Å². The second kappa shape index (κ2) is 4.77. The molecule has 0 bridgehead atoms. The minimum absolute atomic E-state index is 0.225. The zero-order chi connectivity index (χ0) is 14.1. The first kappa shape index (κ1) is 12.3. The van der Waals surface area contributed by atoms with Crippen LogP contribution < -0.4 is 5.73 Å². The Morgan fingerprint density at radius 2 is 2.00 bits per heavy atom. The molecule has 0 spiro atoms. The molecule has 0 fully saturated rings. The van der Waals surface area contributed by atoms with E-state index in [1.54, 1.807) is 29.9 Å². The van der Waals surface area contributed by atoms with Gasteiger partial charge in [0.15, 0.2) is 0 Å². The van der Waals surface area contributed by atoms with Crippen molar-refractivity contribution in [2.24, 2.45) is 0 Å². The summed E-state index contributed by atoms with van der Waals surface area (Å²) in [7, 11) is 0. The summed E-state index contributed by atoms with van der Waals surface area (Å²) in [6.07, 6.45) is 1.79. The molecule has 1 aromatic heterocycles. The van der Waals surface area contributed by atoms with Gasteiger partial charge in [-0.25, -0.2) is 9.07 Å². The van der Waals surface area contributed by atoms with Crippen LogP contribution in [0.15, 0.2) is 48.7 Å². The normalized spacial score (nSPS) is 10.7. The predicted molar refractivity (Wildman–Crippen MR) is 75.9 cm³/mol. The molecule has 2 aromatic carbocycles. The summed E-state index contributed by atoms with van der Waals surface area (Å²) in [5.41, 5.74) is 9.35. The van der Waals surface area contributed by atoms with E-state index >= 15 is 0 Å². The first-order valence-corrected chi connectivity index (χ1v) is 6.18. The molecule has 5 heteroatoms. The SMILES string of the molecule is Cc1cc(-c2cn(-c3cccc(N)c3)nn2)ccc1F. The fourth-order valence-corrected chi connectivity index (χ4v) is 1.99. The van der Waals surface area contributed by atoms with Crippen molar-refractivity contribution >= 4 is 5.69 Å². The van der Waals surface area contributed by atoms with Crippen molar-refractivity contribution in [3.8, 4) is 16.9 Å². The fraction of sp³-hybridized carbons (Fsp3) is 0.0667. The second-order valence-electron chi connectivity index (χ2n) is 4.61. The molecule has 3 rings (SSSR count). The number of nitrogens with zero attached hydrogens (tertiary/aromatic N) is 3. The minimum atomic E-state index is -0.225. The number of halogens is 1. The molecule has 100 valence electrons. The van der Waals surface area contributed by atoms with Crippen molar-refractivity contribution in [1.29, 1.82) is 0 Å². The summed E-state index contributed by atoms with van der Waals surface area (Å²) >= 11 is 0. The van der Waals surface area contributed by atoms with Gasteiger partial charge in [-0.1, -0.05) is 11.3 Å². The molecule has 2 N–H and O–H groups in total. The van der Waals surface area contributed by atoms with Crippen LogP contribution in [0.3, 0.4) is 0 Å². The van der Waals surface area contributed by atoms with Gasteiger partial charge in [0.05, 0.1) is 11.9 Å². The van der Waals surface area contributed by atoms with Crippen LogP contribution in [0.4, 0.5) is 10.1 Å².